The van der Waals surface area contributed by atoms with Crippen molar-refractivity contribution >= 4 is 40.8 Å². The number of fused-ring (bicyclic) bond motifs is 1. The maximum atomic E-state index is 14.1. The van der Waals surface area contributed by atoms with Gasteiger partial charge in [-0.3, -0.25) is 9.59 Å². The third-order valence-electron chi connectivity index (χ3n) is 10.5. The minimum absolute atomic E-state index is 0.00412. The lowest BCUT2D eigenvalue weighted by molar-refractivity contribution is -0.143. The number of hydrogen-bond donors (Lipinski definition) is 2. The Bertz CT molecular complexity index is 1400. The molecular formula is C35H47ClN6O3. The van der Waals surface area contributed by atoms with Crippen LogP contribution in [0.15, 0.2) is 36.4 Å². The van der Waals surface area contributed by atoms with E-state index in [1.54, 1.807) is 0 Å². The Hall–Kier alpha value is -3.30. The molecular weight excluding hydrogens is 588 g/mol. The van der Waals surface area contributed by atoms with E-state index in [4.69, 9.17) is 17.3 Å². The molecule has 0 radical (unpaired) electrons. The van der Waals surface area contributed by atoms with E-state index < -0.39 is 5.92 Å². The van der Waals surface area contributed by atoms with Crippen LogP contribution in [-0.4, -0.2) is 88.8 Å². The van der Waals surface area contributed by atoms with Gasteiger partial charge >= 0.3 is 6.03 Å². The fraction of sp³-hybridized carbons (Fsp3) is 0.571. The molecule has 6 rings (SSSR count). The number of urea groups is 1. The zero-order valence-electron chi connectivity index (χ0n) is 26.5. The van der Waals surface area contributed by atoms with E-state index >= 15 is 0 Å². The van der Waals surface area contributed by atoms with Gasteiger partial charge in [0.25, 0.3) is 0 Å². The summed E-state index contributed by atoms with van der Waals surface area (Å²) in [4.78, 5) is 49.1. The molecule has 0 aliphatic carbocycles. The summed E-state index contributed by atoms with van der Waals surface area (Å²) in [7, 11) is 0. The van der Waals surface area contributed by atoms with Crippen LogP contribution in [0.5, 0.6) is 0 Å². The molecule has 0 spiro atoms. The third-order valence-corrected chi connectivity index (χ3v) is 10.8. The molecule has 0 bridgehead atoms. The lowest BCUT2D eigenvalue weighted by Gasteiger charge is -2.41. The Labute approximate surface area is 272 Å². The van der Waals surface area contributed by atoms with Crippen molar-refractivity contribution in [2.75, 3.05) is 50.3 Å². The van der Waals surface area contributed by atoms with Crippen LogP contribution in [0.3, 0.4) is 0 Å². The summed E-state index contributed by atoms with van der Waals surface area (Å²) in [5, 5.41) is 3.51. The number of nitrogens with zero attached hydrogens (tertiary/aromatic N) is 4. The number of benzene rings is 2. The smallest absolute Gasteiger partial charge is 0.322 e. The Morgan fingerprint density at radius 1 is 0.956 bits per heavy atom. The van der Waals surface area contributed by atoms with Gasteiger partial charge in [-0.15, -0.1) is 0 Å². The van der Waals surface area contributed by atoms with Gasteiger partial charge < -0.3 is 30.7 Å². The first-order chi connectivity index (χ1) is 21.8. The largest absolute Gasteiger partial charge is 0.397 e. The molecule has 45 heavy (non-hydrogen) atoms. The number of piperidine rings is 2. The van der Waals surface area contributed by atoms with Gasteiger partial charge in [0.15, 0.2) is 0 Å². The van der Waals surface area contributed by atoms with Crippen molar-refractivity contribution in [1.82, 2.24) is 19.6 Å². The Morgan fingerprint density at radius 3 is 2.33 bits per heavy atom. The second-order valence-electron chi connectivity index (χ2n) is 13.2. The number of para-hydroxylation sites is 1. The van der Waals surface area contributed by atoms with Crippen LogP contribution in [-0.2, 0) is 29.0 Å². The quantitative estimate of drug-likeness (QED) is 0.391. The molecule has 2 aromatic rings. The van der Waals surface area contributed by atoms with Gasteiger partial charge in [-0.05, 0) is 93.3 Å². The molecule has 4 aliphatic rings. The molecule has 10 heteroatoms. The number of carbonyl (C=O) groups excluding carboxylic acids is 3. The highest BCUT2D eigenvalue weighted by Gasteiger charge is 2.36. The standard InChI is InChI=1S/C35H47ClN6O3/c1-2-25-19-24(21-30(36)33(25)37)20-27(34(44)41-17-9-28(10-18-41)39-13-5-6-14-39)22-32(43)40-15-11-29(12-16-40)42-23-26-7-3-4-8-31(26)38-35(42)45/h3-4,7-8,19,21,27-29H,2,5-6,9-18,20,22-23,37H2,1H3,(H,38,45)/t27-/m0/s1. The van der Waals surface area contributed by atoms with Crippen molar-refractivity contribution in [3.8, 4) is 0 Å². The molecule has 9 nitrogen and oxygen atoms in total. The van der Waals surface area contributed by atoms with E-state index in [2.05, 4.69) is 10.2 Å². The van der Waals surface area contributed by atoms with Gasteiger partial charge in [-0.1, -0.05) is 42.8 Å². The number of aryl methyl sites for hydroxylation is 1. The third kappa shape index (κ3) is 7.09. The maximum Gasteiger partial charge on any atom is 0.322 e. The van der Waals surface area contributed by atoms with Gasteiger partial charge in [0.1, 0.15) is 0 Å². The summed E-state index contributed by atoms with van der Waals surface area (Å²) in [6.45, 7) is 7.57. The molecule has 0 saturated carbocycles. The Morgan fingerprint density at radius 2 is 1.62 bits per heavy atom. The first-order valence-corrected chi connectivity index (χ1v) is 17.2. The number of carbonyl (C=O) groups is 3. The van der Waals surface area contributed by atoms with Gasteiger partial charge in [0.2, 0.25) is 11.8 Å². The monoisotopic (exact) mass is 634 g/mol. The summed E-state index contributed by atoms with van der Waals surface area (Å²) >= 11 is 6.50. The normalized spacial score (nSPS) is 20.7. The van der Waals surface area contributed by atoms with E-state index in [9.17, 15) is 14.4 Å². The van der Waals surface area contributed by atoms with E-state index in [-0.39, 0.29) is 30.3 Å². The van der Waals surface area contributed by atoms with Crippen LogP contribution in [0.2, 0.25) is 5.02 Å². The van der Waals surface area contributed by atoms with Crippen molar-refractivity contribution in [2.45, 2.75) is 83.3 Å². The summed E-state index contributed by atoms with van der Waals surface area (Å²) in [6, 6.07) is 12.3. The molecule has 0 unspecified atom stereocenters. The van der Waals surface area contributed by atoms with Crippen LogP contribution in [0.4, 0.5) is 16.2 Å². The SMILES string of the molecule is CCc1cc(C[C@@H](CC(=O)N2CCC(N3Cc4ccccc4NC3=O)CC2)C(=O)N2CCC(N3CCCC3)CC2)cc(Cl)c1N. The summed E-state index contributed by atoms with van der Waals surface area (Å²) in [6.07, 6.45) is 7.31. The lowest BCUT2D eigenvalue weighted by Crippen LogP contribution is -2.51. The summed E-state index contributed by atoms with van der Waals surface area (Å²) in [5.74, 6) is -0.399. The number of halogens is 1. The molecule has 2 aromatic carbocycles. The molecule has 3 fully saturated rings. The second kappa shape index (κ2) is 14.0. The number of nitrogens with two attached hydrogens (primary N) is 1. The van der Waals surface area contributed by atoms with Crippen molar-refractivity contribution < 1.29 is 14.4 Å². The average molecular weight is 635 g/mol. The van der Waals surface area contributed by atoms with Gasteiger partial charge in [-0.25, -0.2) is 4.79 Å². The maximum absolute atomic E-state index is 14.1. The van der Waals surface area contributed by atoms with Crippen molar-refractivity contribution in [1.29, 1.82) is 0 Å². The topological polar surface area (TPSA) is 102 Å². The number of likely N-dealkylation sites (tertiary alicyclic amines) is 3. The summed E-state index contributed by atoms with van der Waals surface area (Å²) in [5.41, 5.74) is 10.7. The van der Waals surface area contributed by atoms with Crippen molar-refractivity contribution in [3.63, 3.8) is 0 Å². The van der Waals surface area contributed by atoms with E-state index in [1.165, 1.54) is 25.9 Å². The molecule has 3 N–H and O–H groups in total. The van der Waals surface area contributed by atoms with Crippen LogP contribution in [0.1, 0.15) is 68.6 Å². The van der Waals surface area contributed by atoms with Crippen molar-refractivity contribution in [2.24, 2.45) is 5.92 Å². The highest BCUT2D eigenvalue weighted by atomic mass is 35.5. The van der Waals surface area contributed by atoms with E-state index in [1.807, 2.05) is 58.0 Å². The van der Waals surface area contributed by atoms with Crippen molar-refractivity contribution in [3.05, 3.63) is 58.1 Å². The molecule has 4 heterocycles. The summed E-state index contributed by atoms with van der Waals surface area (Å²) < 4.78 is 0. The van der Waals surface area contributed by atoms with Crippen LogP contribution < -0.4 is 11.1 Å². The van der Waals surface area contributed by atoms with Crippen LogP contribution >= 0.6 is 11.6 Å². The van der Waals surface area contributed by atoms with Gasteiger partial charge in [0.05, 0.1) is 16.6 Å². The first kappa shape index (κ1) is 31.7. The van der Waals surface area contributed by atoms with Crippen LogP contribution in [0.25, 0.3) is 0 Å². The predicted octanol–water partition coefficient (Wildman–Crippen LogP) is 5.16. The molecule has 4 aliphatic heterocycles. The van der Waals surface area contributed by atoms with E-state index in [0.717, 1.165) is 67.6 Å². The number of anilines is 2. The molecule has 0 aromatic heterocycles. The number of nitrogen functional groups attached to an aromatic ring is 1. The predicted molar refractivity (Wildman–Crippen MR) is 178 cm³/mol. The van der Waals surface area contributed by atoms with Crippen LogP contribution in [0, 0.1) is 5.92 Å². The molecule has 242 valence electrons. The van der Waals surface area contributed by atoms with E-state index in [0.29, 0.717) is 42.8 Å². The number of nitrogens with one attached hydrogen (secondary N) is 1. The molecule has 4 amide bonds. The first-order valence-electron chi connectivity index (χ1n) is 16.8. The highest BCUT2D eigenvalue weighted by molar-refractivity contribution is 6.33. The molecule has 3 saturated heterocycles. The lowest BCUT2D eigenvalue weighted by atomic mass is 9.91. The zero-order chi connectivity index (χ0) is 31.5. The van der Waals surface area contributed by atoms with Gasteiger partial charge in [-0.2, -0.15) is 0 Å². The molecule has 1 atom stereocenters. The fourth-order valence-electron chi connectivity index (χ4n) is 7.78. The average Bonchev–Trinajstić information content (AvgIpc) is 3.61. The van der Waals surface area contributed by atoms with Gasteiger partial charge in [0, 0.05) is 56.9 Å². The fourth-order valence-corrected chi connectivity index (χ4v) is 8.04. The zero-order valence-corrected chi connectivity index (χ0v) is 27.2. The highest BCUT2D eigenvalue weighted by Crippen LogP contribution is 2.31. The Balaban J connectivity index is 1.11. The number of amides is 4. The number of rotatable bonds is 8. The minimum Gasteiger partial charge on any atom is -0.397 e. The number of hydrogen-bond acceptors (Lipinski definition) is 5. The second-order valence-corrected chi connectivity index (χ2v) is 13.6. The minimum atomic E-state index is -0.465. The Kier molecular flexibility index (Phi) is 9.85.